The van der Waals surface area contributed by atoms with E-state index >= 15 is 0 Å². The summed E-state index contributed by atoms with van der Waals surface area (Å²) in [7, 11) is 0. The fraction of sp³-hybridized carbons (Fsp3) is 0.188. The molecular formula is C16H17BrN2O2. The monoisotopic (exact) mass is 348 g/mol. The highest BCUT2D eigenvalue weighted by Gasteiger charge is 2.03. The maximum Gasteiger partial charge on any atom is 0.238 e. The van der Waals surface area contributed by atoms with E-state index in [0.717, 1.165) is 26.9 Å². The summed E-state index contributed by atoms with van der Waals surface area (Å²) in [6.45, 7) is 2.50. The number of halogens is 1. The molecule has 0 aliphatic heterocycles. The summed E-state index contributed by atoms with van der Waals surface area (Å²) in [4.78, 5) is 11.2. The molecule has 2 rings (SSSR count). The third-order valence-electron chi connectivity index (χ3n) is 3.08. The number of nitrogens with one attached hydrogen (secondary N) is 1. The summed E-state index contributed by atoms with van der Waals surface area (Å²) in [5.41, 5.74) is 5.17. The van der Waals surface area contributed by atoms with Gasteiger partial charge in [-0.25, -0.2) is 5.84 Å². The van der Waals surface area contributed by atoms with Gasteiger partial charge >= 0.3 is 0 Å². The second-order valence-electron chi connectivity index (χ2n) is 4.76. The van der Waals surface area contributed by atoms with Gasteiger partial charge in [0.2, 0.25) is 5.91 Å². The molecule has 0 aliphatic rings. The van der Waals surface area contributed by atoms with Gasteiger partial charge in [0.1, 0.15) is 12.4 Å². The number of amides is 1. The van der Waals surface area contributed by atoms with Crippen molar-refractivity contribution in [1.29, 1.82) is 0 Å². The summed E-state index contributed by atoms with van der Waals surface area (Å²) < 4.78 is 6.84. The molecule has 4 nitrogen and oxygen atoms in total. The van der Waals surface area contributed by atoms with Crippen molar-refractivity contribution in [2.75, 3.05) is 0 Å². The molecule has 0 aliphatic carbocycles. The van der Waals surface area contributed by atoms with Gasteiger partial charge in [-0.2, -0.15) is 0 Å². The summed E-state index contributed by atoms with van der Waals surface area (Å²) in [5.74, 6) is 5.73. The van der Waals surface area contributed by atoms with Crippen LogP contribution in [0.3, 0.4) is 0 Å². The van der Waals surface area contributed by atoms with Gasteiger partial charge in [-0.3, -0.25) is 10.2 Å². The zero-order valence-corrected chi connectivity index (χ0v) is 13.3. The fourth-order valence-corrected chi connectivity index (χ4v) is 2.40. The highest BCUT2D eigenvalue weighted by Crippen LogP contribution is 2.23. The molecule has 2 aromatic carbocycles. The normalized spacial score (nSPS) is 10.2. The Kier molecular flexibility index (Phi) is 5.36. The van der Waals surface area contributed by atoms with Crippen LogP contribution >= 0.6 is 15.9 Å². The number of rotatable bonds is 5. The second-order valence-corrected chi connectivity index (χ2v) is 5.67. The molecule has 110 valence electrons. The number of carbonyl (C=O) groups is 1. The number of hydrogen-bond acceptors (Lipinski definition) is 3. The molecule has 0 bridgehead atoms. The molecular weight excluding hydrogens is 332 g/mol. The van der Waals surface area contributed by atoms with E-state index in [9.17, 15) is 4.79 Å². The topological polar surface area (TPSA) is 64.3 Å². The van der Waals surface area contributed by atoms with Crippen LogP contribution in [0.15, 0.2) is 46.9 Å². The Balaban J connectivity index is 1.96. The summed E-state index contributed by atoms with van der Waals surface area (Å²) >= 11 is 3.43. The van der Waals surface area contributed by atoms with Crippen molar-refractivity contribution in [2.24, 2.45) is 5.84 Å². The first kappa shape index (κ1) is 15.5. The third kappa shape index (κ3) is 4.58. The van der Waals surface area contributed by atoms with Crippen LogP contribution < -0.4 is 16.0 Å². The Bertz CT molecular complexity index is 627. The number of ether oxygens (including phenoxy) is 1. The SMILES string of the molecule is Cc1cc(Br)ccc1OCc1ccc(CC(=O)NN)cc1. The third-order valence-corrected chi connectivity index (χ3v) is 3.57. The van der Waals surface area contributed by atoms with E-state index in [1.807, 2.05) is 49.4 Å². The van der Waals surface area contributed by atoms with Gasteiger partial charge in [-0.05, 0) is 41.8 Å². The smallest absolute Gasteiger partial charge is 0.238 e. The maximum absolute atomic E-state index is 11.2. The fourth-order valence-electron chi connectivity index (χ4n) is 1.93. The number of carbonyl (C=O) groups excluding carboxylic acids is 1. The summed E-state index contributed by atoms with van der Waals surface area (Å²) in [6.07, 6.45) is 0.281. The zero-order chi connectivity index (χ0) is 15.2. The minimum absolute atomic E-state index is 0.204. The lowest BCUT2D eigenvalue weighted by atomic mass is 10.1. The van der Waals surface area contributed by atoms with Crippen molar-refractivity contribution in [3.05, 3.63) is 63.6 Å². The van der Waals surface area contributed by atoms with Crippen LogP contribution in [0.25, 0.3) is 0 Å². The summed E-state index contributed by atoms with van der Waals surface area (Å²) in [6, 6.07) is 13.6. The van der Waals surface area contributed by atoms with Crippen molar-refractivity contribution in [1.82, 2.24) is 5.43 Å². The Hall–Kier alpha value is -1.85. The lowest BCUT2D eigenvalue weighted by molar-refractivity contribution is -0.120. The van der Waals surface area contributed by atoms with Gasteiger partial charge < -0.3 is 4.74 Å². The number of hydrazine groups is 1. The molecule has 21 heavy (non-hydrogen) atoms. The molecule has 5 heteroatoms. The number of benzene rings is 2. The molecule has 2 aromatic rings. The van der Waals surface area contributed by atoms with Crippen LogP contribution in [0.5, 0.6) is 5.75 Å². The van der Waals surface area contributed by atoms with E-state index in [0.29, 0.717) is 6.61 Å². The second kappa shape index (κ2) is 7.24. The Morgan fingerprint density at radius 1 is 1.19 bits per heavy atom. The highest BCUT2D eigenvalue weighted by molar-refractivity contribution is 9.10. The Morgan fingerprint density at radius 3 is 2.48 bits per heavy atom. The first-order chi connectivity index (χ1) is 10.1. The van der Waals surface area contributed by atoms with E-state index < -0.39 is 0 Å². The van der Waals surface area contributed by atoms with Gasteiger partial charge in [0, 0.05) is 4.47 Å². The minimum Gasteiger partial charge on any atom is -0.489 e. The molecule has 0 atom stereocenters. The minimum atomic E-state index is -0.204. The molecule has 3 N–H and O–H groups in total. The van der Waals surface area contributed by atoms with Crippen LogP contribution in [0, 0.1) is 6.92 Å². The van der Waals surface area contributed by atoms with Crippen LogP contribution in [0.1, 0.15) is 16.7 Å². The van der Waals surface area contributed by atoms with Gasteiger partial charge in [0.25, 0.3) is 0 Å². The summed E-state index contributed by atoms with van der Waals surface area (Å²) in [5, 5.41) is 0. The van der Waals surface area contributed by atoms with Crippen molar-refractivity contribution >= 4 is 21.8 Å². The molecule has 1 amide bonds. The van der Waals surface area contributed by atoms with Crippen molar-refractivity contribution in [3.8, 4) is 5.75 Å². The molecule has 0 heterocycles. The average molecular weight is 349 g/mol. The standard InChI is InChI=1S/C16H17BrN2O2/c1-11-8-14(17)6-7-15(11)21-10-13-4-2-12(3-5-13)9-16(20)19-18/h2-8H,9-10,18H2,1H3,(H,19,20). The molecule has 0 spiro atoms. The van der Waals surface area contributed by atoms with Gasteiger partial charge in [-0.1, -0.05) is 40.2 Å². The van der Waals surface area contributed by atoms with Crippen LogP contribution in [-0.2, 0) is 17.8 Å². The lowest BCUT2D eigenvalue weighted by Crippen LogP contribution is -2.31. The largest absolute Gasteiger partial charge is 0.489 e. The highest BCUT2D eigenvalue weighted by atomic mass is 79.9. The Morgan fingerprint density at radius 2 is 1.86 bits per heavy atom. The van der Waals surface area contributed by atoms with Crippen LogP contribution in [0.4, 0.5) is 0 Å². The van der Waals surface area contributed by atoms with E-state index in [2.05, 4.69) is 21.4 Å². The van der Waals surface area contributed by atoms with E-state index in [-0.39, 0.29) is 12.3 Å². The molecule has 0 saturated heterocycles. The quantitative estimate of drug-likeness (QED) is 0.496. The zero-order valence-electron chi connectivity index (χ0n) is 11.7. The van der Waals surface area contributed by atoms with Crippen molar-refractivity contribution in [3.63, 3.8) is 0 Å². The van der Waals surface area contributed by atoms with Crippen molar-refractivity contribution < 1.29 is 9.53 Å². The van der Waals surface area contributed by atoms with Crippen LogP contribution in [0.2, 0.25) is 0 Å². The average Bonchev–Trinajstić information content (AvgIpc) is 2.48. The van der Waals surface area contributed by atoms with E-state index in [1.165, 1.54) is 0 Å². The van der Waals surface area contributed by atoms with Gasteiger partial charge in [0.15, 0.2) is 0 Å². The predicted molar refractivity (Wildman–Crippen MR) is 85.7 cm³/mol. The first-order valence-electron chi connectivity index (χ1n) is 6.54. The predicted octanol–water partition coefficient (Wildman–Crippen LogP) is 2.87. The molecule has 0 saturated carbocycles. The first-order valence-corrected chi connectivity index (χ1v) is 7.34. The van der Waals surface area contributed by atoms with Crippen LogP contribution in [-0.4, -0.2) is 5.91 Å². The Labute approximate surface area is 132 Å². The number of aryl methyl sites for hydroxylation is 1. The molecule has 0 radical (unpaired) electrons. The molecule has 0 unspecified atom stereocenters. The van der Waals surface area contributed by atoms with Gasteiger partial charge in [0.05, 0.1) is 6.42 Å². The van der Waals surface area contributed by atoms with Gasteiger partial charge in [-0.15, -0.1) is 0 Å². The number of nitrogens with two attached hydrogens (primary N) is 1. The van der Waals surface area contributed by atoms with E-state index in [1.54, 1.807) is 0 Å². The lowest BCUT2D eigenvalue weighted by Gasteiger charge is -2.10. The van der Waals surface area contributed by atoms with E-state index in [4.69, 9.17) is 10.6 Å². The van der Waals surface area contributed by atoms with Crippen molar-refractivity contribution in [2.45, 2.75) is 20.0 Å². The maximum atomic E-state index is 11.2. The molecule has 0 aromatic heterocycles. The number of hydrogen-bond donors (Lipinski definition) is 2. The molecule has 0 fully saturated rings.